The molecule has 2 amide bonds. The second-order valence-corrected chi connectivity index (χ2v) is 6.87. The summed E-state index contributed by atoms with van der Waals surface area (Å²) in [5, 5.41) is 14.4. The van der Waals surface area contributed by atoms with Crippen molar-refractivity contribution in [2.75, 3.05) is 0 Å². The van der Waals surface area contributed by atoms with Crippen LogP contribution in [-0.4, -0.2) is 33.9 Å². The van der Waals surface area contributed by atoms with Crippen molar-refractivity contribution in [3.8, 4) is 0 Å². The van der Waals surface area contributed by atoms with Crippen LogP contribution in [-0.2, 0) is 9.59 Å². The van der Waals surface area contributed by atoms with Gasteiger partial charge in [-0.3, -0.25) is 9.59 Å². The first kappa shape index (κ1) is 14.4. The third-order valence-electron chi connectivity index (χ3n) is 4.25. The molecule has 2 N–H and O–H groups in total. The van der Waals surface area contributed by atoms with Crippen LogP contribution in [0, 0.1) is 5.92 Å². The van der Waals surface area contributed by atoms with E-state index in [1.807, 2.05) is 0 Å². The number of aliphatic imine (C=N–C) groups is 1. The predicted octanol–water partition coefficient (Wildman–Crippen LogP) is 2.10. The predicted molar refractivity (Wildman–Crippen MR) is 82.2 cm³/mol. The minimum atomic E-state index is -0.646. The number of amides is 2. The molecule has 2 heterocycles. The van der Waals surface area contributed by atoms with Crippen LogP contribution in [0.25, 0.3) is 0 Å². The molecule has 0 spiro atoms. The summed E-state index contributed by atoms with van der Waals surface area (Å²) in [5.41, 5.74) is 0.323. The number of rotatable bonds is 2. The molecule has 3 aliphatic rings. The molecule has 2 aliphatic heterocycles. The molecule has 5 nitrogen and oxygen atoms in total. The third-order valence-corrected chi connectivity index (χ3v) is 5.28. The third kappa shape index (κ3) is 2.77. The molecule has 0 aromatic carbocycles. The molecule has 0 aromatic heterocycles. The Hall–Kier alpha value is -1.56. The molecule has 1 unspecified atom stereocenters. The number of carbonyl (C=O) groups is 2. The van der Waals surface area contributed by atoms with Crippen molar-refractivity contribution in [3.63, 3.8) is 0 Å². The van der Waals surface area contributed by atoms with Crippen molar-refractivity contribution in [1.29, 1.82) is 0 Å². The van der Waals surface area contributed by atoms with E-state index in [1.165, 1.54) is 11.8 Å². The van der Waals surface area contributed by atoms with Crippen LogP contribution in [0.5, 0.6) is 0 Å². The average Bonchev–Trinajstić information content (AvgIpc) is 2.90. The van der Waals surface area contributed by atoms with Crippen LogP contribution >= 0.6 is 11.8 Å². The van der Waals surface area contributed by atoms with Gasteiger partial charge in [0.2, 0.25) is 0 Å². The van der Waals surface area contributed by atoms with Crippen LogP contribution in [0.1, 0.15) is 32.6 Å². The van der Waals surface area contributed by atoms with Crippen LogP contribution in [0.2, 0.25) is 0 Å². The smallest absolute Gasteiger partial charge is 0.286 e. The van der Waals surface area contributed by atoms with Gasteiger partial charge in [-0.1, -0.05) is 6.92 Å². The van der Waals surface area contributed by atoms with Gasteiger partial charge in [-0.05, 0) is 43.1 Å². The lowest BCUT2D eigenvalue weighted by Crippen LogP contribution is -2.41. The first-order chi connectivity index (χ1) is 10.1. The summed E-state index contributed by atoms with van der Waals surface area (Å²) < 4.78 is 0. The summed E-state index contributed by atoms with van der Waals surface area (Å²) in [6.45, 7) is 2.21. The monoisotopic (exact) mass is 306 g/mol. The maximum atomic E-state index is 12.3. The zero-order chi connectivity index (χ0) is 15.0. The summed E-state index contributed by atoms with van der Waals surface area (Å²) in [6.07, 6.45) is 5.69. The van der Waals surface area contributed by atoms with E-state index >= 15 is 0 Å². The molecule has 6 heteroatoms. The van der Waals surface area contributed by atoms with Gasteiger partial charge in [0.05, 0.1) is 5.71 Å². The van der Waals surface area contributed by atoms with Crippen molar-refractivity contribution in [1.82, 2.24) is 5.32 Å². The molecular formula is C15H18N2O3S. The number of aliphatic hydroxyl groups excluding tert-OH is 1. The number of allylic oxidation sites excluding steroid dienone is 1. The Labute approximate surface area is 127 Å². The maximum absolute atomic E-state index is 12.3. The standard InChI is InChI=1S/C15H18N2O3S/c1-8-2-4-9(5-3-8)16-14(19)11-12(18)13-10(6-7-21-13)17-15(11)20/h6-9,13,18H,2-5H2,1H3,(H,16,19). The summed E-state index contributed by atoms with van der Waals surface area (Å²) >= 11 is 1.35. The van der Waals surface area contributed by atoms with Crippen molar-refractivity contribution >= 4 is 29.3 Å². The number of dihydropyridines is 1. The second kappa shape index (κ2) is 5.67. The zero-order valence-electron chi connectivity index (χ0n) is 11.8. The Balaban J connectivity index is 1.72. The van der Waals surface area contributed by atoms with Gasteiger partial charge in [0, 0.05) is 6.04 Å². The minimum absolute atomic E-state index is 0.0848. The number of hydrogen-bond donors (Lipinski definition) is 2. The Morgan fingerprint density at radius 1 is 1.38 bits per heavy atom. The Morgan fingerprint density at radius 3 is 2.81 bits per heavy atom. The molecule has 0 bridgehead atoms. The lowest BCUT2D eigenvalue weighted by Gasteiger charge is -2.27. The van der Waals surface area contributed by atoms with Gasteiger partial charge in [0.25, 0.3) is 11.8 Å². The molecule has 0 radical (unpaired) electrons. The van der Waals surface area contributed by atoms with Gasteiger partial charge in [-0.2, -0.15) is 0 Å². The zero-order valence-corrected chi connectivity index (χ0v) is 12.7. The van der Waals surface area contributed by atoms with E-state index in [0.29, 0.717) is 11.6 Å². The van der Waals surface area contributed by atoms with E-state index in [1.54, 1.807) is 11.5 Å². The van der Waals surface area contributed by atoms with E-state index in [4.69, 9.17) is 0 Å². The van der Waals surface area contributed by atoms with E-state index in [-0.39, 0.29) is 17.4 Å². The average molecular weight is 306 g/mol. The van der Waals surface area contributed by atoms with Crippen molar-refractivity contribution < 1.29 is 14.7 Å². The summed E-state index contributed by atoms with van der Waals surface area (Å²) in [6, 6.07) is 0.0848. The van der Waals surface area contributed by atoms with E-state index in [9.17, 15) is 14.7 Å². The number of carbonyl (C=O) groups excluding carboxylic acids is 2. The second-order valence-electron chi connectivity index (χ2n) is 5.85. The quantitative estimate of drug-likeness (QED) is 0.766. The van der Waals surface area contributed by atoms with Crippen LogP contribution in [0.15, 0.2) is 27.8 Å². The molecule has 0 aromatic rings. The molecule has 1 aliphatic carbocycles. The molecule has 3 rings (SSSR count). The fourth-order valence-corrected chi connectivity index (χ4v) is 3.83. The van der Waals surface area contributed by atoms with Gasteiger partial charge in [-0.25, -0.2) is 4.99 Å². The lowest BCUT2D eigenvalue weighted by molar-refractivity contribution is -0.123. The van der Waals surface area contributed by atoms with Crippen LogP contribution in [0.3, 0.4) is 0 Å². The van der Waals surface area contributed by atoms with Crippen LogP contribution in [0.4, 0.5) is 0 Å². The Bertz CT molecular complexity index is 571. The van der Waals surface area contributed by atoms with E-state index in [2.05, 4.69) is 17.2 Å². The molecule has 1 fully saturated rings. The number of nitrogens with zero attached hydrogens (tertiary/aromatic N) is 1. The number of thioether (sulfide) groups is 1. The van der Waals surface area contributed by atoms with Gasteiger partial charge >= 0.3 is 0 Å². The molecule has 1 atom stereocenters. The SMILES string of the molecule is CC1CCC(NC(=O)C2=C(O)C3SC=CC3=NC2=O)CC1. The highest BCUT2D eigenvalue weighted by Crippen LogP contribution is 2.32. The molecule has 21 heavy (non-hydrogen) atoms. The van der Waals surface area contributed by atoms with Gasteiger partial charge < -0.3 is 10.4 Å². The highest BCUT2D eigenvalue weighted by Gasteiger charge is 2.37. The summed E-state index contributed by atoms with van der Waals surface area (Å²) in [7, 11) is 0. The van der Waals surface area contributed by atoms with Gasteiger partial charge in [-0.15, -0.1) is 11.8 Å². The molecule has 1 saturated carbocycles. The van der Waals surface area contributed by atoms with Crippen molar-refractivity contribution in [3.05, 3.63) is 22.8 Å². The van der Waals surface area contributed by atoms with E-state index in [0.717, 1.165) is 25.7 Å². The Kier molecular flexibility index (Phi) is 3.89. The molecular weight excluding hydrogens is 288 g/mol. The topological polar surface area (TPSA) is 78.8 Å². The largest absolute Gasteiger partial charge is 0.510 e. The number of nitrogens with one attached hydrogen (secondary N) is 1. The van der Waals surface area contributed by atoms with Crippen molar-refractivity contribution in [2.24, 2.45) is 10.9 Å². The highest BCUT2D eigenvalue weighted by atomic mass is 32.2. The highest BCUT2D eigenvalue weighted by molar-refractivity contribution is 8.04. The van der Waals surface area contributed by atoms with Crippen LogP contribution < -0.4 is 5.32 Å². The maximum Gasteiger partial charge on any atom is 0.286 e. The number of fused-ring (bicyclic) bond motifs is 1. The Morgan fingerprint density at radius 2 is 2.10 bits per heavy atom. The summed E-state index contributed by atoms with van der Waals surface area (Å²) in [5.74, 6) is -0.614. The van der Waals surface area contributed by atoms with Crippen molar-refractivity contribution in [2.45, 2.75) is 43.9 Å². The first-order valence-electron chi connectivity index (χ1n) is 7.25. The minimum Gasteiger partial charge on any atom is -0.510 e. The lowest BCUT2D eigenvalue weighted by atomic mass is 9.87. The first-order valence-corrected chi connectivity index (χ1v) is 8.19. The number of hydrogen-bond acceptors (Lipinski definition) is 4. The number of aliphatic hydroxyl groups is 1. The van der Waals surface area contributed by atoms with E-state index < -0.39 is 17.1 Å². The molecule has 112 valence electrons. The normalized spacial score (nSPS) is 32.0. The fourth-order valence-electron chi connectivity index (χ4n) is 2.93. The summed E-state index contributed by atoms with van der Waals surface area (Å²) in [4.78, 5) is 28.2. The fraction of sp³-hybridized carbons (Fsp3) is 0.533. The van der Waals surface area contributed by atoms with Gasteiger partial charge in [0.15, 0.2) is 0 Å². The van der Waals surface area contributed by atoms with Gasteiger partial charge in [0.1, 0.15) is 16.6 Å². The molecule has 0 saturated heterocycles.